The number of carbonyl (C=O) groups is 1. The van der Waals surface area contributed by atoms with Crippen molar-refractivity contribution in [1.82, 2.24) is 4.90 Å². The van der Waals surface area contributed by atoms with Crippen LogP contribution < -0.4 is 0 Å². The Bertz CT molecular complexity index is 566. The van der Waals surface area contributed by atoms with E-state index in [1.807, 2.05) is 13.0 Å². The Balaban J connectivity index is 2.29. The molecule has 6 heteroatoms. The Kier molecular flexibility index (Phi) is 4.22. The molecule has 0 saturated heterocycles. The number of amides is 1. The summed E-state index contributed by atoms with van der Waals surface area (Å²) in [6, 6.07) is 3.58. The van der Waals surface area contributed by atoms with E-state index in [1.165, 1.54) is 12.1 Å². The number of rotatable bonds is 1. The van der Waals surface area contributed by atoms with Gasteiger partial charge in [-0.2, -0.15) is 13.2 Å². The average Bonchev–Trinajstić information content (AvgIpc) is 2.37. The van der Waals surface area contributed by atoms with Crippen LogP contribution in [0.2, 0.25) is 0 Å². The fraction of sp³-hybridized carbons (Fsp3) is 0.357. The van der Waals surface area contributed by atoms with Gasteiger partial charge in [0.05, 0.1) is 5.56 Å². The highest BCUT2D eigenvalue weighted by Gasteiger charge is 2.34. The molecule has 0 bridgehead atoms. The van der Waals surface area contributed by atoms with Crippen LogP contribution in [-0.4, -0.2) is 23.9 Å². The summed E-state index contributed by atoms with van der Waals surface area (Å²) in [6.45, 7) is 2.91. The van der Waals surface area contributed by atoms with Crippen LogP contribution >= 0.6 is 15.9 Å². The van der Waals surface area contributed by atoms with Gasteiger partial charge in [0.15, 0.2) is 0 Å². The van der Waals surface area contributed by atoms with Crippen LogP contribution in [0.15, 0.2) is 34.3 Å². The number of hydrogen-bond donors (Lipinski definition) is 0. The highest BCUT2D eigenvalue weighted by Crippen LogP contribution is 2.35. The van der Waals surface area contributed by atoms with Gasteiger partial charge in [-0.25, -0.2) is 0 Å². The summed E-state index contributed by atoms with van der Waals surface area (Å²) in [7, 11) is 0. The number of carbonyl (C=O) groups excluding carboxylic acids is 1. The van der Waals surface area contributed by atoms with Gasteiger partial charge in [0.2, 0.25) is 0 Å². The van der Waals surface area contributed by atoms with E-state index < -0.39 is 11.7 Å². The van der Waals surface area contributed by atoms with E-state index in [1.54, 1.807) is 4.90 Å². The number of benzene rings is 1. The molecule has 108 valence electrons. The molecule has 1 heterocycles. The van der Waals surface area contributed by atoms with Crippen molar-refractivity contribution in [1.29, 1.82) is 0 Å². The fourth-order valence-electron chi connectivity index (χ4n) is 2.14. The van der Waals surface area contributed by atoms with E-state index in [9.17, 15) is 18.0 Å². The van der Waals surface area contributed by atoms with E-state index in [-0.39, 0.29) is 15.9 Å². The Morgan fingerprint density at radius 3 is 2.65 bits per heavy atom. The molecule has 1 amide bonds. The zero-order chi connectivity index (χ0) is 14.9. The molecule has 2 rings (SSSR count). The molecule has 0 spiro atoms. The standard InChI is InChI=1S/C14H13BrF3NO/c1-9-3-2-6-19(8-9)13(20)10-4-5-12(15)11(7-10)14(16,17)18/h3-5,7H,2,6,8H2,1H3. The Hall–Kier alpha value is -1.30. The van der Waals surface area contributed by atoms with E-state index in [2.05, 4.69) is 15.9 Å². The molecular weight excluding hydrogens is 335 g/mol. The van der Waals surface area contributed by atoms with E-state index in [0.29, 0.717) is 13.1 Å². The molecule has 0 saturated carbocycles. The summed E-state index contributed by atoms with van der Waals surface area (Å²) in [5.41, 5.74) is 0.292. The minimum absolute atomic E-state index is 0.0590. The van der Waals surface area contributed by atoms with Gasteiger partial charge in [0.25, 0.3) is 5.91 Å². The van der Waals surface area contributed by atoms with Gasteiger partial charge in [-0.3, -0.25) is 4.79 Å². The van der Waals surface area contributed by atoms with Crippen LogP contribution in [0.4, 0.5) is 13.2 Å². The van der Waals surface area contributed by atoms with Gasteiger partial charge in [0.1, 0.15) is 0 Å². The number of halogens is 4. The summed E-state index contributed by atoms with van der Waals surface area (Å²) in [4.78, 5) is 13.8. The largest absolute Gasteiger partial charge is 0.417 e. The molecule has 0 radical (unpaired) electrons. The molecule has 20 heavy (non-hydrogen) atoms. The van der Waals surface area contributed by atoms with Crippen molar-refractivity contribution in [2.75, 3.05) is 13.1 Å². The Labute approximate surface area is 123 Å². The molecule has 0 aromatic heterocycles. The van der Waals surface area contributed by atoms with Crippen LogP contribution in [0.25, 0.3) is 0 Å². The molecular formula is C14H13BrF3NO. The SMILES string of the molecule is CC1=CCCN(C(=O)c2ccc(Br)c(C(F)(F)F)c2)C1. The smallest absolute Gasteiger partial charge is 0.334 e. The number of nitrogens with zero attached hydrogens (tertiary/aromatic N) is 1. The van der Waals surface area contributed by atoms with Crippen LogP contribution in [0.5, 0.6) is 0 Å². The lowest BCUT2D eigenvalue weighted by Gasteiger charge is -2.26. The molecule has 2 nitrogen and oxygen atoms in total. The molecule has 1 aliphatic rings. The molecule has 1 aromatic rings. The van der Waals surface area contributed by atoms with Crippen molar-refractivity contribution in [3.8, 4) is 0 Å². The van der Waals surface area contributed by atoms with Gasteiger partial charge in [-0.15, -0.1) is 0 Å². The normalized spacial score (nSPS) is 16.1. The van der Waals surface area contributed by atoms with Gasteiger partial charge in [0, 0.05) is 23.1 Å². The Morgan fingerprint density at radius 2 is 2.05 bits per heavy atom. The average molecular weight is 348 g/mol. The second-order valence-electron chi connectivity index (χ2n) is 4.76. The van der Waals surface area contributed by atoms with Crippen molar-refractivity contribution in [2.24, 2.45) is 0 Å². The predicted molar refractivity (Wildman–Crippen MR) is 73.4 cm³/mol. The van der Waals surface area contributed by atoms with Crippen LogP contribution in [0.1, 0.15) is 29.3 Å². The topological polar surface area (TPSA) is 20.3 Å². The summed E-state index contributed by atoms with van der Waals surface area (Å²) < 4.78 is 38.4. The first-order chi connectivity index (χ1) is 9.29. The number of alkyl halides is 3. The highest BCUT2D eigenvalue weighted by molar-refractivity contribution is 9.10. The maximum Gasteiger partial charge on any atom is 0.417 e. The van der Waals surface area contributed by atoms with Crippen molar-refractivity contribution in [3.05, 3.63) is 45.4 Å². The first-order valence-corrected chi connectivity index (χ1v) is 6.90. The third-order valence-electron chi connectivity index (χ3n) is 3.14. The molecule has 0 unspecified atom stereocenters. The highest BCUT2D eigenvalue weighted by atomic mass is 79.9. The Morgan fingerprint density at radius 1 is 1.35 bits per heavy atom. The second kappa shape index (κ2) is 5.60. The maximum absolute atomic E-state index is 12.8. The molecule has 0 N–H and O–H groups in total. The van der Waals surface area contributed by atoms with E-state index >= 15 is 0 Å². The van der Waals surface area contributed by atoms with Gasteiger partial charge in [-0.05, 0) is 31.5 Å². The predicted octanol–water partition coefficient (Wildman–Crippen LogP) is 4.26. The summed E-state index contributed by atoms with van der Waals surface area (Å²) in [5.74, 6) is -0.365. The summed E-state index contributed by atoms with van der Waals surface area (Å²) in [6.07, 6.45) is -1.71. The lowest BCUT2D eigenvalue weighted by molar-refractivity contribution is -0.138. The van der Waals surface area contributed by atoms with Crippen LogP contribution in [0.3, 0.4) is 0 Å². The summed E-state index contributed by atoms with van der Waals surface area (Å²) in [5, 5.41) is 0. The first-order valence-electron chi connectivity index (χ1n) is 6.10. The number of hydrogen-bond acceptors (Lipinski definition) is 1. The van der Waals surface area contributed by atoms with Crippen LogP contribution in [-0.2, 0) is 6.18 Å². The summed E-state index contributed by atoms with van der Waals surface area (Å²) >= 11 is 2.87. The quantitative estimate of drug-likeness (QED) is 0.695. The molecule has 0 fully saturated rings. The van der Waals surface area contributed by atoms with Gasteiger partial charge >= 0.3 is 6.18 Å². The zero-order valence-electron chi connectivity index (χ0n) is 10.8. The lowest BCUT2D eigenvalue weighted by atomic mass is 10.1. The first kappa shape index (κ1) is 15.1. The third-order valence-corrected chi connectivity index (χ3v) is 3.83. The fourth-order valence-corrected chi connectivity index (χ4v) is 2.61. The molecule has 1 aliphatic heterocycles. The van der Waals surface area contributed by atoms with Crippen molar-refractivity contribution >= 4 is 21.8 Å². The minimum Gasteiger partial charge on any atom is -0.334 e. The molecule has 1 aromatic carbocycles. The van der Waals surface area contributed by atoms with Crippen molar-refractivity contribution in [3.63, 3.8) is 0 Å². The van der Waals surface area contributed by atoms with Gasteiger partial charge < -0.3 is 4.90 Å². The minimum atomic E-state index is -4.48. The monoisotopic (exact) mass is 347 g/mol. The van der Waals surface area contributed by atoms with E-state index in [4.69, 9.17) is 0 Å². The third kappa shape index (κ3) is 3.23. The molecule has 0 aliphatic carbocycles. The second-order valence-corrected chi connectivity index (χ2v) is 5.61. The van der Waals surface area contributed by atoms with Gasteiger partial charge in [-0.1, -0.05) is 27.6 Å². The molecule has 0 atom stereocenters. The van der Waals surface area contributed by atoms with Crippen molar-refractivity contribution < 1.29 is 18.0 Å². The lowest BCUT2D eigenvalue weighted by Crippen LogP contribution is -2.35. The maximum atomic E-state index is 12.8. The zero-order valence-corrected chi connectivity index (χ0v) is 12.4. The van der Waals surface area contributed by atoms with Crippen LogP contribution in [0, 0.1) is 0 Å². The van der Waals surface area contributed by atoms with Crippen molar-refractivity contribution in [2.45, 2.75) is 19.5 Å². The van der Waals surface area contributed by atoms with E-state index in [0.717, 1.165) is 18.1 Å².